The van der Waals surface area contributed by atoms with Crippen LogP contribution in [0.5, 0.6) is 0 Å². The highest BCUT2D eigenvalue weighted by Gasteiger charge is 2.29. The van der Waals surface area contributed by atoms with Gasteiger partial charge in [-0.05, 0) is 90.2 Å². The molecule has 0 unspecified atom stereocenters. The maximum absolute atomic E-state index is 13.2. The molecule has 7 heteroatoms. The fourth-order valence-electron chi connectivity index (χ4n) is 5.55. The molecule has 1 fully saturated rings. The Balaban J connectivity index is 1.50. The molecule has 1 aliphatic carbocycles. The van der Waals surface area contributed by atoms with Crippen molar-refractivity contribution in [3.63, 3.8) is 0 Å². The van der Waals surface area contributed by atoms with Crippen LogP contribution in [-0.2, 0) is 13.0 Å². The van der Waals surface area contributed by atoms with Crippen LogP contribution >= 0.6 is 0 Å². The molecule has 0 bridgehead atoms. The molecule has 0 aliphatic heterocycles. The minimum atomic E-state index is -0.0271. The number of nitrogens with zero attached hydrogens (tertiary/aromatic N) is 5. The van der Waals surface area contributed by atoms with E-state index >= 15 is 0 Å². The molecule has 2 heterocycles. The summed E-state index contributed by atoms with van der Waals surface area (Å²) in [6.45, 7) is 7.73. The summed E-state index contributed by atoms with van der Waals surface area (Å²) in [5, 5.41) is 14.1. The standard InChI is InChI=1S/C29H36N6O/c1-4-27(28-31-32-33-35(28)25-12-8-9-13-25)34(15-14-22-10-6-5-7-11-22)19-24-18-23-16-20(2)21(3)17-26(23)30-29(24)36/h5-7,10-11,16-18,25,27H,4,8-9,12-15,19H2,1-3H3,(H,30,36)/t27-/m0/s1. The number of tetrazole rings is 1. The number of pyridine rings is 1. The van der Waals surface area contributed by atoms with Crippen molar-refractivity contribution < 1.29 is 0 Å². The van der Waals surface area contributed by atoms with E-state index in [0.717, 1.165) is 54.5 Å². The number of aryl methyl sites for hydroxylation is 2. The van der Waals surface area contributed by atoms with Crippen molar-refractivity contribution in [1.29, 1.82) is 0 Å². The first-order chi connectivity index (χ1) is 17.5. The van der Waals surface area contributed by atoms with Gasteiger partial charge < -0.3 is 4.98 Å². The third-order valence-corrected chi connectivity index (χ3v) is 7.75. The number of hydrogen-bond donors (Lipinski definition) is 1. The lowest BCUT2D eigenvalue weighted by Gasteiger charge is -2.31. The van der Waals surface area contributed by atoms with E-state index in [1.54, 1.807) is 0 Å². The van der Waals surface area contributed by atoms with Crippen LogP contribution in [0.3, 0.4) is 0 Å². The molecule has 2 aromatic heterocycles. The number of aromatic amines is 1. The summed E-state index contributed by atoms with van der Waals surface area (Å²) in [7, 11) is 0. The maximum atomic E-state index is 13.2. The molecule has 0 spiro atoms. The zero-order valence-electron chi connectivity index (χ0n) is 21.6. The lowest BCUT2D eigenvalue weighted by molar-refractivity contribution is 0.169. The second-order valence-corrected chi connectivity index (χ2v) is 10.2. The van der Waals surface area contributed by atoms with Gasteiger partial charge >= 0.3 is 0 Å². The van der Waals surface area contributed by atoms with Gasteiger partial charge in [0.2, 0.25) is 0 Å². The van der Waals surface area contributed by atoms with E-state index in [9.17, 15) is 4.79 Å². The maximum Gasteiger partial charge on any atom is 0.252 e. The Hall–Kier alpha value is -3.32. The van der Waals surface area contributed by atoms with Crippen LogP contribution in [0.4, 0.5) is 0 Å². The van der Waals surface area contributed by atoms with E-state index in [1.165, 1.54) is 29.5 Å². The third-order valence-electron chi connectivity index (χ3n) is 7.75. The molecular formula is C29H36N6O. The van der Waals surface area contributed by atoms with Crippen molar-refractivity contribution in [3.8, 4) is 0 Å². The van der Waals surface area contributed by atoms with E-state index in [2.05, 4.69) is 93.3 Å². The van der Waals surface area contributed by atoms with Crippen LogP contribution < -0.4 is 5.56 Å². The average Bonchev–Trinajstić information content (AvgIpc) is 3.57. The summed E-state index contributed by atoms with van der Waals surface area (Å²) in [5.41, 5.74) is 5.33. The molecule has 7 nitrogen and oxygen atoms in total. The van der Waals surface area contributed by atoms with E-state index in [4.69, 9.17) is 0 Å². The molecule has 36 heavy (non-hydrogen) atoms. The molecule has 2 aromatic carbocycles. The van der Waals surface area contributed by atoms with Gasteiger partial charge in [-0.1, -0.05) is 50.1 Å². The molecule has 1 saturated carbocycles. The van der Waals surface area contributed by atoms with Gasteiger partial charge in [0, 0.05) is 24.2 Å². The highest BCUT2D eigenvalue weighted by atomic mass is 16.1. The van der Waals surface area contributed by atoms with Gasteiger partial charge in [-0.2, -0.15) is 0 Å². The number of fused-ring (bicyclic) bond motifs is 1. The number of hydrogen-bond acceptors (Lipinski definition) is 5. The lowest BCUT2D eigenvalue weighted by atomic mass is 10.0. The molecule has 0 amide bonds. The molecule has 1 aliphatic rings. The molecule has 188 valence electrons. The largest absolute Gasteiger partial charge is 0.322 e. The molecule has 1 atom stereocenters. The predicted octanol–water partition coefficient (Wildman–Crippen LogP) is 5.44. The van der Waals surface area contributed by atoms with Gasteiger partial charge in [0.15, 0.2) is 5.82 Å². The Morgan fingerprint density at radius 2 is 1.83 bits per heavy atom. The van der Waals surface area contributed by atoms with E-state index in [0.29, 0.717) is 12.6 Å². The van der Waals surface area contributed by atoms with Gasteiger partial charge in [-0.25, -0.2) is 4.68 Å². The van der Waals surface area contributed by atoms with Gasteiger partial charge in [-0.15, -0.1) is 5.10 Å². The highest BCUT2D eigenvalue weighted by Crippen LogP contribution is 2.33. The van der Waals surface area contributed by atoms with Crippen LogP contribution in [0.1, 0.15) is 79.2 Å². The van der Waals surface area contributed by atoms with Gasteiger partial charge in [0.05, 0.1) is 12.1 Å². The van der Waals surface area contributed by atoms with Crippen LogP contribution in [-0.4, -0.2) is 36.6 Å². The zero-order chi connectivity index (χ0) is 25.1. The smallest absolute Gasteiger partial charge is 0.252 e. The van der Waals surface area contributed by atoms with Crippen molar-refractivity contribution in [2.75, 3.05) is 6.54 Å². The predicted molar refractivity (Wildman–Crippen MR) is 143 cm³/mol. The first-order valence-electron chi connectivity index (χ1n) is 13.2. The second-order valence-electron chi connectivity index (χ2n) is 10.2. The number of rotatable bonds is 9. The summed E-state index contributed by atoms with van der Waals surface area (Å²) in [4.78, 5) is 18.7. The minimum absolute atomic E-state index is 0.0270. The summed E-state index contributed by atoms with van der Waals surface area (Å²) in [6.07, 6.45) is 6.47. The topological polar surface area (TPSA) is 79.7 Å². The Bertz CT molecular complexity index is 1370. The third kappa shape index (κ3) is 5.12. The quantitative estimate of drug-likeness (QED) is 0.342. The molecule has 4 aromatic rings. The highest BCUT2D eigenvalue weighted by molar-refractivity contribution is 5.80. The van der Waals surface area contributed by atoms with E-state index in [-0.39, 0.29) is 11.6 Å². The Morgan fingerprint density at radius 3 is 2.58 bits per heavy atom. The Kier molecular flexibility index (Phi) is 7.28. The normalized spacial score (nSPS) is 15.2. The number of nitrogens with one attached hydrogen (secondary N) is 1. The SMILES string of the molecule is CC[C@@H](c1nnnn1C1CCCC1)N(CCc1ccccc1)Cc1cc2cc(C)c(C)cc2[nH]c1=O. The molecule has 5 rings (SSSR count). The van der Waals surface area contributed by atoms with E-state index < -0.39 is 0 Å². The fraction of sp³-hybridized carbons (Fsp3) is 0.448. The summed E-state index contributed by atoms with van der Waals surface area (Å²) in [6, 6.07) is 17.2. The van der Waals surface area contributed by atoms with Gasteiger partial charge in [0.25, 0.3) is 5.56 Å². The van der Waals surface area contributed by atoms with Crippen LogP contribution in [0.2, 0.25) is 0 Å². The molecule has 0 saturated heterocycles. The number of benzene rings is 2. The summed E-state index contributed by atoms with van der Waals surface area (Å²) >= 11 is 0. The Morgan fingerprint density at radius 1 is 1.08 bits per heavy atom. The number of H-pyrrole nitrogens is 1. The monoisotopic (exact) mass is 484 g/mol. The fourth-order valence-corrected chi connectivity index (χ4v) is 5.55. The lowest BCUT2D eigenvalue weighted by Crippen LogP contribution is -2.34. The van der Waals surface area contributed by atoms with Crippen molar-refractivity contribution in [2.45, 2.75) is 77.9 Å². The summed E-state index contributed by atoms with van der Waals surface area (Å²) < 4.78 is 2.06. The van der Waals surface area contributed by atoms with Crippen molar-refractivity contribution in [3.05, 3.63) is 87.0 Å². The Labute approximate surface area is 212 Å². The number of aromatic nitrogens is 5. The molecule has 1 N–H and O–H groups in total. The summed E-state index contributed by atoms with van der Waals surface area (Å²) in [5.74, 6) is 0.918. The van der Waals surface area contributed by atoms with Crippen molar-refractivity contribution in [1.82, 2.24) is 30.1 Å². The zero-order valence-corrected chi connectivity index (χ0v) is 21.6. The second kappa shape index (κ2) is 10.7. The first kappa shape index (κ1) is 24.4. The van der Waals surface area contributed by atoms with Gasteiger partial charge in [-0.3, -0.25) is 9.69 Å². The molecular weight excluding hydrogens is 448 g/mol. The van der Waals surface area contributed by atoms with Gasteiger partial charge in [0.1, 0.15) is 0 Å². The van der Waals surface area contributed by atoms with Crippen LogP contribution in [0.15, 0.2) is 53.3 Å². The van der Waals surface area contributed by atoms with Crippen LogP contribution in [0.25, 0.3) is 10.9 Å². The molecule has 0 radical (unpaired) electrons. The van der Waals surface area contributed by atoms with Crippen molar-refractivity contribution in [2.24, 2.45) is 0 Å². The van der Waals surface area contributed by atoms with Crippen LogP contribution in [0, 0.1) is 13.8 Å². The first-order valence-corrected chi connectivity index (χ1v) is 13.2. The minimum Gasteiger partial charge on any atom is -0.322 e. The average molecular weight is 485 g/mol. The van der Waals surface area contributed by atoms with Crippen molar-refractivity contribution >= 4 is 10.9 Å². The van der Waals surface area contributed by atoms with E-state index in [1.807, 2.05) is 6.07 Å².